The molecule has 0 spiro atoms. The van der Waals surface area contributed by atoms with Crippen molar-refractivity contribution in [3.8, 4) is 0 Å². The first-order chi connectivity index (χ1) is 3.79. The van der Waals surface area contributed by atoms with Gasteiger partial charge in [-0.3, -0.25) is 9.59 Å². The summed E-state index contributed by atoms with van der Waals surface area (Å²) < 4.78 is 0. The van der Waals surface area contributed by atoms with E-state index < -0.39 is 0 Å². The van der Waals surface area contributed by atoms with Crippen LogP contribution < -0.4 is 5.32 Å². The van der Waals surface area contributed by atoms with Crippen LogP contribution in [0.4, 0.5) is 0 Å². The molecule has 0 aliphatic carbocycles. The van der Waals surface area contributed by atoms with Crippen LogP contribution in [0.2, 0.25) is 0 Å². The molecule has 0 aromatic rings. The van der Waals surface area contributed by atoms with Gasteiger partial charge in [-0.1, -0.05) is 11.8 Å². The van der Waals surface area contributed by atoms with Crippen LogP contribution in [0.25, 0.3) is 0 Å². The fourth-order valence-electron chi connectivity index (χ4n) is 0.362. The van der Waals surface area contributed by atoms with Crippen molar-refractivity contribution < 1.29 is 9.59 Å². The van der Waals surface area contributed by atoms with Crippen LogP contribution in [0, 0.1) is 5.75 Å². The zero-order chi connectivity index (χ0) is 5.98. The molecule has 0 aromatic heterocycles. The minimum atomic E-state index is -0.172. The zero-order valence-corrected chi connectivity index (χ0v) is 4.83. The number of nitrogens with one attached hydrogen (secondary N) is 1. The van der Waals surface area contributed by atoms with Gasteiger partial charge in [0.1, 0.15) is 5.75 Å². The van der Waals surface area contributed by atoms with E-state index in [0.29, 0.717) is 0 Å². The second kappa shape index (κ2) is 2.17. The summed E-state index contributed by atoms with van der Waals surface area (Å²) in [4.78, 5) is 20.6. The average Bonchev–Trinajstić information content (AvgIpc) is 1.77. The third-order valence-electron chi connectivity index (χ3n) is 0.704. The molecule has 1 amide bonds. The molecule has 1 aliphatic heterocycles. The van der Waals surface area contributed by atoms with E-state index in [1.165, 1.54) is 5.75 Å². The van der Waals surface area contributed by atoms with E-state index in [0.717, 1.165) is 11.8 Å². The van der Waals surface area contributed by atoms with Crippen LogP contribution in [0.5, 0.6) is 0 Å². The molecule has 0 unspecified atom stereocenters. The largest absolute Gasteiger partial charge is 0.347 e. The van der Waals surface area contributed by atoms with Crippen molar-refractivity contribution >= 4 is 22.8 Å². The van der Waals surface area contributed by atoms with Crippen molar-refractivity contribution in [3.63, 3.8) is 0 Å². The molecular weight excluding hydrogens is 126 g/mol. The highest BCUT2D eigenvalue weighted by atomic mass is 32.2. The van der Waals surface area contributed by atoms with Crippen molar-refractivity contribution in [2.24, 2.45) is 0 Å². The van der Waals surface area contributed by atoms with Gasteiger partial charge in [0, 0.05) is 0 Å². The molecule has 1 fully saturated rings. The number of carbonyl (C=O) groups is 2. The second-order valence-electron chi connectivity index (χ2n) is 1.33. The number of rotatable bonds is 0. The van der Waals surface area contributed by atoms with Crippen LogP contribution in [0.1, 0.15) is 0 Å². The van der Waals surface area contributed by atoms with E-state index in [4.69, 9.17) is 0 Å². The highest BCUT2D eigenvalue weighted by Gasteiger charge is 2.14. The summed E-state index contributed by atoms with van der Waals surface area (Å²) >= 11 is 0.950. The van der Waals surface area contributed by atoms with Gasteiger partial charge in [-0.25, -0.2) is 0 Å². The molecule has 1 N–H and O–H groups in total. The van der Waals surface area contributed by atoms with E-state index in [2.05, 4.69) is 5.32 Å². The molecule has 0 bridgehead atoms. The molecule has 3 nitrogen and oxygen atoms in total. The van der Waals surface area contributed by atoms with E-state index in [9.17, 15) is 9.59 Å². The van der Waals surface area contributed by atoms with Crippen molar-refractivity contribution in [1.82, 2.24) is 5.32 Å². The predicted molar refractivity (Wildman–Crippen MR) is 29.9 cm³/mol. The van der Waals surface area contributed by atoms with Crippen molar-refractivity contribution in [2.75, 3.05) is 6.54 Å². The minimum Gasteiger partial charge on any atom is -0.347 e. The second-order valence-corrected chi connectivity index (χ2v) is 2.25. The maximum Gasteiger partial charge on any atom is 0.235 e. The number of amides is 1. The Balaban J connectivity index is 2.40. The maximum absolute atomic E-state index is 10.3. The van der Waals surface area contributed by atoms with Crippen molar-refractivity contribution in [2.45, 2.75) is 0 Å². The van der Waals surface area contributed by atoms with Gasteiger partial charge in [0.05, 0.1) is 6.54 Å². The van der Waals surface area contributed by atoms with Gasteiger partial charge in [-0.2, -0.15) is 0 Å². The third kappa shape index (κ3) is 1.23. The molecule has 1 radical (unpaired) electrons. The Labute approximate surface area is 50.8 Å². The fraction of sp³-hybridized carbons (Fsp3) is 0.250. The zero-order valence-electron chi connectivity index (χ0n) is 4.01. The summed E-state index contributed by atoms with van der Waals surface area (Å²) in [6, 6.07) is 0. The Bertz CT molecular complexity index is 106. The Morgan fingerprint density at radius 3 is 2.75 bits per heavy atom. The highest BCUT2D eigenvalue weighted by molar-refractivity contribution is 8.16. The summed E-state index contributed by atoms with van der Waals surface area (Å²) in [6.07, 6.45) is 0. The van der Waals surface area contributed by atoms with Crippen LogP contribution in [0.15, 0.2) is 0 Å². The van der Waals surface area contributed by atoms with Crippen molar-refractivity contribution in [3.05, 3.63) is 5.75 Å². The molecule has 0 saturated carbocycles. The van der Waals surface area contributed by atoms with Gasteiger partial charge >= 0.3 is 0 Å². The molecule has 0 aromatic carbocycles. The van der Waals surface area contributed by atoms with Gasteiger partial charge in [0.15, 0.2) is 0 Å². The first-order valence-corrected chi connectivity index (χ1v) is 2.97. The quantitative estimate of drug-likeness (QED) is 0.482. The Morgan fingerprint density at radius 1 is 1.62 bits per heavy atom. The van der Waals surface area contributed by atoms with Gasteiger partial charge in [-0.05, 0) is 0 Å². The summed E-state index contributed by atoms with van der Waals surface area (Å²) in [5.41, 5.74) is 0. The van der Waals surface area contributed by atoms with Gasteiger partial charge in [-0.15, -0.1) is 0 Å². The smallest absolute Gasteiger partial charge is 0.235 e. The normalized spacial score (nSPS) is 20.5. The fourth-order valence-corrected chi connectivity index (χ4v) is 0.839. The molecule has 0 atom stereocenters. The Kier molecular flexibility index (Phi) is 1.53. The summed E-state index contributed by atoms with van der Waals surface area (Å²) in [5.74, 6) is 1.10. The minimum absolute atomic E-state index is 0.00963. The highest BCUT2D eigenvalue weighted by Crippen LogP contribution is 2.09. The third-order valence-corrected chi connectivity index (χ3v) is 1.44. The summed E-state index contributed by atoms with van der Waals surface area (Å²) in [5, 5.41) is 2.36. The lowest BCUT2D eigenvalue weighted by Gasteiger charge is -2.07. The Hall–Kier alpha value is -0.510. The Morgan fingerprint density at radius 2 is 2.38 bits per heavy atom. The standard InChI is InChI=1S/C4H4NO2S/c6-3-2-8-4(7)1-5-3/h2H,1H2,(H,5,6). The summed E-state index contributed by atoms with van der Waals surface area (Å²) in [6.45, 7) is 0.167. The van der Waals surface area contributed by atoms with Crippen LogP contribution in [-0.2, 0) is 9.59 Å². The molecule has 43 valence electrons. The lowest BCUT2D eigenvalue weighted by molar-refractivity contribution is -0.120. The van der Waals surface area contributed by atoms with Crippen LogP contribution in [0.3, 0.4) is 0 Å². The van der Waals surface area contributed by atoms with E-state index in [-0.39, 0.29) is 17.6 Å². The molecule has 8 heavy (non-hydrogen) atoms. The topological polar surface area (TPSA) is 46.2 Å². The average molecular weight is 130 g/mol. The first kappa shape index (κ1) is 5.62. The molecule has 1 aliphatic rings. The predicted octanol–water partition coefficient (Wildman–Crippen LogP) is -0.462. The lowest BCUT2D eigenvalue weighted by Crippen LogP contribution is -2.32. The van der Waals surface area contributed by atoms with E-state index in [1.807, 2.05) is 0 Å². The van der Waals surface area contributed by atoms with E-state index in [1.54, 1.807) is 0 Å². The van der Waals surface area contributed by atoms with E-state index >= 15 is 0 Å². The number of thioether (sulfide) groups is 1. The molecule has 1 rings (SSSR count). The molecular formula is C4H4NO2S. The summed E-state index contributed by atoms with van der Waals surface area (Å²) in [7, 11) is 0. The number of carbonyl (C=O) groups excluding carboxylic acids is 2. The molecule has 4 heteroatoms. The maximum atomic E-state index is 10.3. The SMILES string of the molecule is O=C1[CH]SC(=O)CN1. The van der Waals surface area contributed by atoms with Crippen LogP contribution in [-0.4, -0.2) is 17.6 Å². The first-order valence-electron chi connectivity index (χ1n) is 2.09. The van der Waals surface area contributed by atoms with Crippen LogP contribution >= 0.6 is 11.8 Å². The van der Waals surface area contributed by atoms with Crippen molar-refractivity contribution in [1.29, 1.82) is 0 Å². The molecule has 1 heterocycles. The lowest BCUT2D eigenvalue weighted by atomic mass is 10.6. The van der Waals surface area contributed by atoms with Gasteiger partial charge in [0.25, 0.3) is 0 Å². The van der Waals surface area contributed by atoms with Gasteiger partial charge in [0.2, 0.25) is 11.0 Å². The molecule has 1 saturated heterocycles. The number of hydrogen-bond acceptors (Lipinski definition) is 3. The van der Waals surface area contributed by atoms with Gasteiger partial charge < -0.3 is 5.32 Å². The number of hydrogen-bond donors (Lipinski definition) is 1. The monoisotopic (exact) mass is 130 g/mol.